The second-order valence-electron chi connectivity index (χ2n) is 5.28. The molecule has 0 unspecified atom stereocenters. The quantitative estimate of drug-likeness (QED) is 0.568. The van der Waals surface area contributed by atoms with Gasteiger partial charge in [-0.05, 0) is 24.1 Å². The number of ether oxygens (including phenoxy) is 2. The lowest BCUT2D eigenvalue weighted by molar-refractivity contribution is -0.136. The Kier molecular flexibility index (Phi) is 7.46. The summed E-state index contributed by atoms with van der Waals surface area (Å²) < 4.78 is 10.5. The van der Waals surface area contributed by atoms with Gasteiger partial charge in [-0.3, -0.25) is 9.59 Å². The minimum atomic E-state index is -0.726. The van der Waals surface area contributed by atoms with Crippen molar-refractivity contribution in [2.75, 3.05) is 32.2 Å². The summed E-state index contributed by atoms with van der Waals surface area (Å²) in [5, 5.41) is 5.18. The monoisotopic (exact) mass is 342 g/mol. The summed E-state index contributed by atoms with van der Waals surface area (Å²) in [4.78, 5) is 24.0. The minimum Gasteiger partial charge on any atom is -0.489 e. The summed E-state index contributed by atoms with van der Waals surface area (Å²) in [6, 6.07) is 16.7. The van der Waals surface area contributed by atoms with Crippen molar-refractivity contribution in [2.24, 2.45) is 0 Å². The minimum absolute atomic E-state index is 0.354. The van der Waals surface area contributed by atoms with Crippen LogP contribution in [0.1, 0.15) is 5.56 Å². The number of hydrogen-bond acceptors (Lipinski definition) is 4. The molecular formula is C19H22N2O4. The van der Waals surface area contributed by atoms with Crippen molar-refractivity contribution in [3.63, 3.8) is 0 Å². The standard InChI is InChI=1S/C19H22N2O4/c1-24-13-14-25-17-10-6-5-9-16(17)21-19(23)18(22)20-12-11-15-7-3-2-4-8-15/h2-10H,11-14H2,1H3,(H,20,22)(H,21,23). The van der Waals surface area contributed by atoms with E-state index in [0.29, 0.717) is 37.6 Å². The van der Waals surface area contributed by atoms with Crippen LogP contribution < -0.4 is 15.4 Å². The summed E-state index contributed by atoms with van der Waals surface area (Å²) in [5.74, 6) is -0.913. The maximum atomic E-state index is 12.0. The molecule has 132 valence electrons. The fraction of sp³-hybridized carbons (Fsp3) is 0.263. The second-order valence-corrected chi connectivity index (χ2v) is 5.28. The Labute approximate surface area is 147 Å². The van der Waals surface area contributed by atoms with Gasteiger partial charge in [-0.1, -0.05) is 42.5 Å². The van der Waals surface area contributed by atoms with Gasteiger partial charge in [-0.25, -0.2) is 0 Å². The molecule has 0 atom stereocenters. The molecule has 2 aromatic rings. The molecular weight excluding hydrogens is 320 g/mol. The number of rotatable bonds is 8. The Bertz CT molecular complexity index is 689. The van der Waals surface area contributed by atoms with Gasteiger partial charge in [-0.2, -0.15) is 0 Å². The smallest absolute Gasteiger partial charge is 0.313 e. The zero-order chi connectivity index (χ0) is 17.9. The van der Waals surface area contributed by atoms with Gasteiger partial charge in [0.2, 0.25) is 0 Å². The number of hydrogen-bond donors (Lipinski definition) is 2. The Hall–Kier alpha value is -2.86. The highest BCUT2D eigenvalue weighted by Crippen LogP contribution is 2.23. The van der Waals surface area contributed by atoms with Crippen LogP contribution in [-0.4, -0.2) is 38.7 Å². The van der Waals surface area contributed by atoms with Crippen LogP contribution >= 0.6 is 0 Å². The summed E-state index contributed by atoms with van der Waals surface area (Å²) in [6.45, 7) is 1.18. The van der Waals surface area contributed by atoms with Gasteiger partial charge in [0.05, 0.1) is 12.3 Å². The predicted molar refractivity (Wildman–Crippen MR) is 95.6 cm³/mol. The van der Waals surface area contributed by atoms with Crippen molar-refractivity contribution in [3.8, 4) is 5.75 Å². The van der Waals surface area contributed by atoms with Crippen molar-refractivity contribution < 1.29 is 19.1 Å². The average Bonchev–Trinajstić information content (AvgIpc) is 2.64. The SMILES string of the molecule is COCCOc1ccccc1NC(=O)C(=O)NCCc1ccccc1. The highest BCUT2D eigenvalue weighted by molar-refractivity contribution is 6.39. The normalized spacial score (nSPS) is 10.1. The first-order valence-corrected chi connectivity index (χ1v) is 8.04. The number of carbonyl (C=O) groups excluding carboxylic acids is 2. The number of nitrogens with one attached hydrogen (secondary N) is 2. The molecule has 0 aromatic heterocycles. The molecule has 0 aliphatic carbocycles. The molecule has 0 aliphatic rings. The van der Waals surface area contributed by atoms with Crippen LogP contribution in [0.5, 0.6) is 5.75 Å². The van der Waals surface area contributed by atoms with Crippen LogP contribution in [0.25, 0.3) is 0 Å². The van der Waals surface area contributed by atoms with E-state index in [2.05, 4.69) is 10.6 Å². The van der Waals surface area contributed by atoms with Gasteiger partial charge >= 0.3 is 11.8 Å². The highest BCUT2D eigenvalue weighted by atomic mass is 16.5. The van der Waals surface area contributed by atoms with E-state index in [4.69, 9.17) is 9.47 Å². The van der Waals surface area contributed by atoms with Crippen molar-refractivity contribution in [1.29, 1.82) is 0 Å². The molecule has 0 fully saturated rings. The molecule has 6 heteroatoms. The molecule has 2 aromatic carbocycles. The second kappa shape index (κ2) is 10.1. The van der Waals surface area contributed by atoms with E-state index in [1.165, 1.54) is 0 Å². The predicted octanol–water partition coefficient (Wildman–Crippen LogP) is 2.01. The zero-order valence-electron chi connectivity index (χ0n) is 14.2. The molecule has 0 radical (unpaired) electrons. The molecule has 0 aliphatic heterocycles. The summed E-state index contributed by atoms with van der Waals surface area (Å²) in [5.41, 5.74) is 1.54. The third-order valence-corrected chi connectivity index (χ3v) is 3.43. The lowest BCUT2D eigenvalue weighted by Crippen LogP contribution is -2.36. The fourth-order valence-electron chi connectivity index (χ4n) is 2.16. The number of amides is 2. The van der Waals surface area contributed by atoms with Crippen molar-refractivity contribution in [2.45, 2.75) is 6.42 Å². The Balaban J connectivity index is 1.83. The van der Waals surface area contributed by atoms with Crippen molar-refractivity contribution in [1.82, 2.24) is 5.32 Å². The van der Waals surface area contributed by atoms with Gasteiger partial charge in [0.15, 0.2) is 0 Å². The average molecular weight is 342 g/mol. The van der Waals surface area contributed by atoms with E-state index < -0.39 is 11.8 Å². The van der Waals surface area contributed by atoms with Crippen LogP contribution in [0, 0.1) is 0 Å². The molecule has 2 rings (SSSR count). The zero-order valence-corrected chi connectivity index (χ0v) is 14.2. The Morgan fingerprint density at radius 2 is 1.64 bits per heavy atom. The maximum Gasteiger partial charge on any atom is 0.313 e. The van der Waals surface area contributed by atoms with E-state index in [1.54, 1.807) is 31.4 Å². The van der Waals surface area contributed by atoms with Crippen LogP contribution in [0.4, 0.5) is 5.69 Å². The first kappa shape index (κ1) is 18.5. The van der Waals surface area contributed by atoms with Crippen LogP contribution in [0.2, 0.25) is 0 Å². The fourth-order valence-corrected chi connectivity index (χ4v) is 2.16. The molecule has 6 nitrogen and oxygen atoms in total. The van der Waals surface area contributed by atoms with Crippen LogP contribution in [-0.2, 0) is 20.7 Å². The lowest BCUT2D eigenvalue weighted by atomic mass is 10.1. The topological polar surface area (TPSA) is 76.7 Å². The van der Waals surface area contributed by atoms with Crippen molar-refractivity contribution in [3.05, 3.63) is 60.2 Å². The first-order chi connectivity index (χ1) is 12.2. The van der Waals surface area contributed by atoms with E-state index in [-0.39, 0.29) is 0 Å². The molecule has 0 saturated carbocycles. The highest BCUT2D eigenvalue weighted by Gasteiger charge is 2.15. The van der Waals surface area contributed by atoms with E-state index >= 15 is 0 Å². The van der Waals surface area contributed by atoms with Crippen LogP contribution in [0.3, 0.4) is 0 Å². The Morgan fingerprint density at radius 1 is 0.920 bits per heavy atom. The maximum absolute atomic E-state index is 12.0. The van der Waals surface area contributed by atoms with Gasteiger partial charge in [-0.15, -0.1) is 0 Å². The molecule has 0 spiro atoms. The van der Waals surface area contributed by atoms with Gasteiger partial charge in [0, 0.05) is 13.7 Å². The molecule has 2 amide bonds. The van der Waals surface area contributed by atoms with E-state index in [1.807, 2.05) is 30.3 Å². The Morgan fingerprint density at radius 3 is 2.40 bits per heavy atom. The third kappa shape index (κ3) is 6.27. The van der Waals surface area contributed by atoms with Gasteiger partial charge in [0.1, 0.15) is 12.4 Å². The summed E-state index contributed by atoms with van der Waals surface area (Å²) in [6.07, 6.45) is 0.663. The van der Waals surface area contributed by atoms with Gasteiger partial charge in [0.25, 0.3) is 0 Å². The summed E-state index contributed by atoms with van der Waals surface area (Å²) in [7, 11) is 1.58. The van der Waals surface area contributed by atoms with Crippen molar-refractivity contribution >= 4 is 17.5 Å². The van der Waals surface area contributed by atoms with Crippen LogP contribution in [0.15, 0.2) is 54.6 Å². The number of carbonyl (C=O) groups is 2. The molecule has 0 bridgehead atoms. The molecule has 2 N–H and O–H groups in total. The lowest BCUT2D eigenvalue weighted by Gasteiger charge is -2.12. The largest absolute Gasteiger partial charge is 0.489 e. The van der Waals surface area contributed by atoms with E-state index in [9.17, 15) is 9.59 Å². The third-order valence-electron chi connectivity index (χ3n) is 3.43. The van der Waals surface area contributed by atoms with E-state index in [0.717, 1.165) is 5.56 Å². The molecule has 0 heterocycles. The first-order valence-electron chi connectivity index (χ1n) is 8.04. The number of anilines is 1. The number of para-hydroxylation sites is 2. The number of methoxy groups -OCH3 is 1. The molecule has 0 saturated heterocycles. The number of benzene rings is 2. The molecule has 25 heavy (non-hydrogen) atoms. The summed E-state index contributed by atoms with van der Waals surface area (Å²) >= 11 is 0. The van der Waals surface area contributed by atoms with Gasteiger partial charge < -0.3 is 20.1 Å².